The van der Waals surface area contributed by atoms with Crippen molar-refractivity contribution >= 4 is 17.2 Å². The molecule has 1 N–H and O–H groups in total. The summed E-state index contributed by atoms with van der Waals surface area (Å²) in [7, 11) is 1.53. The molecule has 9 nitrogen and oxygen atoms in total. The number of hydrogen-bond acceptors (Lipinski definition) is 6. The van der Waals surface area contributed by atoms with Crippen molar-refractivity contribution in [2.45, 2.75) is 20.4 Å². The second kappa shape index (κ2) is 7.78. The molecule has 4 aromatic rings. The molecule has 0 saturated heterocycles. The molecule has 1 aromatic carbocycles. The fourth-order valence-electron chi connectivity index (χ4n) is 3.19. The molecule has 3 heterocycles. The third kappa shape index (κ3) is 3.64. The van der Waals surface area contributed by atoms with Crippen LogP contribution in [0.5, 0.6) is 5.75 Å². The van der Waals surface area contributed by atoms with E-state index in [2.05, 4.69) is 20.4 Å². The molecule has 0 atom stereocenters. The number of methoxy groups -OCH3 is 1. The average Bonchev–Trinajstić information content (AvgIpc) is 3.04. The molecule has 1 amide bonds. The lowest BCUT2D eigenvalue weighted by Gasteiger charge is -2.10. The van der Waals surface area contributed by atoms with Gasteiger partial charge in [0.05, 0.1) is 24.2 Å². The molecular weight excluding hydrogens is 384 g/mol. The number of hydrogen-bond donors (Lipinski definition) is 1. The molecule has 0 aliphatic heterocycles. The van der Waals surface area contributed by atoms with E-state index in [1.807, 2.05) is 31.2 Å². The Bertz CT molecular complexity index is 1290. The highest BCUT2D eigenvalue weighted by Crippen LogP contribution is 2.25. The van der Waals surface area contributed by atoms with Crippen LogP contribution in [-0.2, 0) is 11.3 Å². The zero-order valence-corrected chi connectivity index (χ0v) is 16.8. The van der Waals surface area contributed by atoms with E-state index in [4.69, 9.17) is 4.74 Å². The van der Waals surface area contributed by atoms with Crippen LogP contribution in [-0.4, -0.2) is 37.2 Å². The molecule has 0 radical (unpaired) electrons. The molecule has 9 heteroatoms. The normalized spacial score (nSPS) is 10.9. The van der Waals surface area contributed by atoms with Gasteiger partial charge in [0.15, 0.2) is 5.65 Å². The van der Waals surface area contributed by atoms with Gasteiger partial charge in [-0.3, -0.25) is 9.78 Å². The Morgan fingerprint density at radius 2 is 1.97 bits per heavy atom. The van der Waals surface area contributed by atoms with Gasteiger partial charge in [-0.2, -0.15) is 0 Å². The van der Waals surface area contributed by atoms with E-state index >= 15 is 0 Å². The molecule has 0 spiro atoms. The molecule has 3 aromatic heterocycles. The third-order valence-electron chi connectivity index (χ3n) is 4.59. The van der Waals surface area contributed by atoms with Crippen molar-refractivity contribution in [2.75, 3.05) is 12.4 Å². The summed E-state index contributed by atoms with van der Waals surface area (Å²) >= 11 is 0. The SMILES string of the molecule is COc1ccc(C)cc1NC(=O)Cn1nc2cc(-c3ccccn3)nc(C)n2c1=O. The Morgan fingerprint density at radius 3 is 2.70 bits per heavy atom. The first-order valence-electron chi connectivity index (χ1n) is 9.29. The van der Waals surface area contributed by atoms with Crippen molar-refractivity contribution in [3.05, 3.63) is 70.5 Å². The predicted molar refractivity (Wildman–Crippen MR) is 112 cm³/mol. The smallest absolute Gasteiger partial charge is 0.352 e. The number of pyridine rings is 1. The van der Waals surface area contributed by atoms with Crippen LogP contribution in [0.2, 0.25) is 0 Å². The van der Waals surface area contributed by atoms with E-state index in [1.165, 1.54) is 11.5 Å². The molecular formula is C21H20N6O3. The fourth-order valence-corrected chi connectivity index (χ4v) is 3.19. The molecule has 152 valence electrons. The first kappa shape index (κ1) is 19.3. The second-order valence-corrected chi connectivity index (χ2v) is 6.79. The maximum Gasteiger partial charge on any atom is 0.352 e. The highest BCUT2D eigenvalue weighted by molar-refractivity contribution is 5.92. The van der Waals surface area contributed by atoms with Gasteiger partial charge in [-0.25, -0.2) is 18.9 Å². The van der Waals surface area contributed by atoms with Gasteiger partial charge in [0.25, 0.3) is 0 Å². The van der Waals surface area contributed by atoms with Crippen molar-refractivity contribution in [3.8, 4) is 17.1 Å². The van der Waals surface area contributed by atoms with E-state index in [0.717, 1.165) is 10.2 Å². The molecule has 0 aliphatic rings. The Labute approximate surface area is 172 Å². The van der Waals surface area contributed by atoms with Crippen molar-refractivity contribution in [1.29, 1.82) is 0 Å². The average molecular weight is 404 g/mol. The number of nitrogens with one attached hydrogen (secondary N) is 1. The third-order valence-corrected chi connectivity index (χ3v) is 4.59. The number of ether oxygens (including phenoxy) is 1. The Morgan fingerprint density at radius 1 is 1.13 bits per heavy atom. The molecule has 4 rings (SSSR count). The van der Waals surface area contributed by atoms with E-state index in [1.54, 1.807) is 31.3 Å². The number of amides is 1. The fraction of sp³-hybridized carbons (Fsp3) is 0.190. The van der Waals surface area contributed by atoms with Gasteiger partial charge in [0, 0.05) is 12.3 Å². The topological polar surface area (TPSA) is 103 Å². The number of fused-ring (bicyclic) bond motifs is 1. The summed E-state index contributed by atoms with van der Waals surface area (Å²) < 4.78 is 7.76. The number of carbonyl (C=O) groups is 1. The number of aryl methyl sites for hydroxylation is 2. The van der Waals surface area contributed by atoms with E-state index in [0.29, 0.717) is 34.3 Å². The number of anilines is 1. The maximum atomic E-state index is 12.8. The molecule has 0 saturated carbocycles. The Hall–Kier alpha value is -4.01. The summed E-state index contributed by atoms with van der Waals surface area (Å²) in [5.41, 5.74) is 2.75. The minimum absolute atomic E-state index is 0.240. The summed E-state index contributed by atoms with van der Waals surface area (Å²) in [4.78, 5) is 34.1. The summed E-state index contributed by atoms with van der Waals surface area (Å²) in [6.45, 7) is 3.39. The van der Waals surface area contributed by atoms with Crippen LogP contribution in [0.15, 0.2) is 53.5 Å². The summed E-state index contributed by atoms with van der Waals surface area (Å²) in [5, 5.41) is 7.08. The highest BCUT2D eigenvalue weighted by atomic mass is 16.5. The van der Waals surface area contributed by atoms with Gasteiger partial charge >= 0.3 is 5.69 Å². The summed E-state index contributed by atoms with van der Waals surface area (Å²) in [6, 6.07) is 12.6. The standard InChI is InChI=1S/C21H20N6O3/c1-13-7-8-18(30-3)17(10-13)24-20(28)12-26-21(29)27-14(2)23-16(11-19(27)25-26)15-6-4-5-9-22-15/h4-11H,12H2,1-3H3,(H,24,28). The van der Waals surface area contributed by atoms with Gasteiger partial charge < -0.3 is 10.1 Å². The summed E-state index contributed by atoms with van der Waals surface area (Å²) in [6.07, 6.45) is 1.67. The van der Waals surface area contributed by atoms with Crippen LogP contribution in [0.4, 0.5) is 5.69 Å². The van der Waals surface area contributed by atoms with Crippen molar-refractivity contribution in [1.82, 2.24) is 24.1 Å². The van der Waals surface area contributed by atoms with Crippen LogP contribution in [0.25, 0.3) is 17.0 Å². The molecule has 0 fully saturated rings. The van der Waals surface area contributed by atoms with Crippen LogP contribution in [0, 0.1) is 13.8 Å². The number of aromatic nitrogens is 5. The first-order chi connectivity index (χ1) is 14.5. The van der Waals surface area contributed by atoms with Crippen molar-refractivity contribution < 1.29 is 9.53 Å². The van der Waals surface area contributed by atoms with E-state index in [-0.39, 0.29) is 12.5 Å². The van der Waals surface area contributed by atoms with Crippen LogP contribution < -0.4 is 15.7 Å². The monoisotopic (exact) mass is 404 g/mol. The number of benzene rings is 1. The van der Waals surface area contributed by atoms with Gasteiger partial charge in [0.2, 0.25) is 5.91 Å². The van der Waals surface area contributed by atoms with E-state index < -0.39 is 5.69 Å². The number of nitrogens with zero attached hydrogens (tertiary/aromatic N) is 5. The highest BCUT2D eigenvalue weighted by Gasteiger charge is 2.16. The zero-order valence-electron chi connectivity index (χ0n) is 16.8. The maximum absolute atomic E-state index is 12.8. The van der Waals surface area contributed by atoms with Crippen LogP contribution >= 0.6 is 0 Å². The lowest BCUT2D eigenvalue weighted by molar-refractivity contribution is -0.117. The molecule has 30 heavy (non-hydrogen) atoms. The van der Waals surface area contributed by atoms with Gasteiger partial charge in [-0.05, 0) is 43.7 Å². The second-order valence-electron chi connectivity index (χ2n) is 6.79. The number of carbonyl (C=O) groups excluding carboxylic acids is 1. The summed E-state index contributed by atoms with van der Waals surface area (Å²) in [5.74, 6) is 0.612. The quantitative estimate of drug-likeness (QED) is 0.547. The lowest BCUT2D eigenvalue weighted by atomic mass is 10.2. The Balaban J connectivity index is 1.64. The molecule has 0 bridgehead atoms. The van der Waals surface area contributed by atoms with Gasteiger partial charge in [-0.15, -0.1) is 5.10 Å². The number of rotatable bonds is 5. The first-order valence-corrected chi connectivity index (χ1v) is 9.29. The largest absolute Gasteiger partial charge is 0.495 e. The molecule has 0 unspecified atom stereocenters. The van der Waals surface area contributed by atoms with Crippen LogP contribution in [0.3, 0.4) is 0 Å². The van der Waals surface area contributed by atoms with Gasteiger partial charge in [-0.1, -0.05) is 12.1 Å². The minimum Gasteiger partial charge on any atom is -0.495 e. The van der Waals surface area contributed by atoms with Crippen LogP contribution in [0.1, 0.15) is 11.4 Å². The predicted octanol–water partition coefficient (Wildman–Crippen LogP) is 2.22. The Kier molecular flexibility index (Phi) is 5.01. The molecule has 0 aliphatic carbocycles. The van der Waals surface area contributed by atoms with E-state index in [9.17, 15) is 9.59 Å². The van der Waals surface area contributed by atoms with Crippen molar-refractivity contribution in [2.24, 2.45) is 0 Å². The lowest BCUT2D eigenvalue weighted by Crippen LogP contribution is -2.29. The van der Waals surface area contributed by atoms with Gasteiger partial charge in [0.1, 0.15) is 18.1 Å². The van der Waals surface area contributed by atoms with Crippen molar-refractivity contribution in [3.63, 3.8) is 0 Å². The minimum atomic E-state index is -0.436. The zero-order chi connectivity index (χ0) is 21.3.